The Bertz CT molecular complexity index is 1620. The average Bonchev–Trinajstić information content (AvgIpc) is 3.65. The van der Waals surface area contributed by atoms with E-state index in [2.05, 4.69) is 74.7 Å². The Morgan fingerprint density at radius 2 is 0.726 bits per heavy atom. The summed E-state index contributed by atoms with van der Waals surface area (Å²) in [5, 5.41) is 3.04. The molecule has 0 saturated carbocycles. The maximum absolute atomic E-state index is 13.6. The molecule has 10 heteroatoms. The lowest BCUT2D eigenvalue weighted by Crippen LogP contribution is -2.47. The SMILES string of the molecule is CCCCC/C=C\C/C=C\CCCCCCCCCCCCCCCCCCCC(=O)OC(/C=C\CCCCCCCCCCCC)C(COP(=O)([O-])OCC[N+](C)(C)C)NC(=O)CCCCCCCCCCC/C=C\C/C=C\CCCCC. The second-order valence-electron chi connectivity index (χ2n) is 25.7. The van der Waals surface area contributed by atoms with Gasteiger partial charge in [-0.25, -0.2) is 0 Å². The summed E-state index contributed by atoms with van der Waals surface area (Å²) in [6.07, 6.45) is 82.0. The molecule has 0 heterocycles. The van der Waals surface area contributed by atoms with E-state index in [4.69, 9.17) is 13.8 Å². The van der Waals surface area contributed by atoms with Gasteiger partial charge in [-0.3, -0.25) is 14.2 Å². The predicted molar refractivity (Wildman–Crippen MR) is 362 cm³/mol. The van der Waals surface area contributed by atoms with Crippen LogP contribution in [-0.4, -0.2) is 69.4 Å². The lowest BCUT2D eigenvalue weighted by Gasteiger charge is -2.30. The van der Waals surface area contributed by atoms with Crippen LogP contribution in [0.2, 0.25) is 0 Å². The van der Waals surface area contributed by atoms with Gasteiger partial charge in [-0.05, 0) is 96.0 Å². The van der Waals surface area contributed by atoms with E-state index in [0.717, 1.165) is 83.5 Å². The number of hydrogen-bond acceptors (Lipinski definition) is 7. The number of quaternary nitrogens is 1. The van der Waals surface area contributed by atoms with Crippen molar-refractivity contribution in [2.45, 2.75) is 360 Å². The molecule has 0 fully saturated rings. The van der Waals surface area contributed by atoms with Crippen LogP contribution >= 0.6 is 7.82 Å². The van der Waals surface area contributed by atoms with Gasteiger partial charge in [0.15, 0.2) is 0 Å². The highest BCUT2D eigenvalue weighted by Gasteiger charge is 2.27. The zero-order chi connectivity index (χ0) is 61.4. The Morgan fingerprint density at radius 1 is 0.417 bits per heavy atom. The number of esters is 1. The number of likely N-dealkylation sites (N-methyl/N-ethyl adjacent to an activating group) is 1. The van der Waals surface area contributed by atoms with Gasteiger partial charge in [0, 0.05) is 12.8 Å². The molecule has 3 unspecified atom stereocenters. The van der Waals surface area contributed by atoms with Gasteiger partial charge in [0.2, 0.25) is 5.91 Å². The summed E-state index contributed by atoms with van der Waals surface area (Å²) in [5.41, 5.74) is 0. The standard InChI is InChI=1S/C74H139N2O7P/c1-7-10-13-16-19-22-25-28-30-32-34-35-36-37-38-39-40-41-43-45-47-49-52-55-58-61-64-67-74(78)83-72(65-62-59-56-53-50-27-24-21-18-15-12-9-3)71(70-82-84(79,80)81-69-68-76(4,5)6)75-73(77)66-63-60-57-54-51-48-46-44-42-33-31-29-26-23-20-17-14-11-8-2/h19-20,22-23,28-31,62,65,71-72H,7-18,21,24-27,32-61,63-64,66-70H2,1-6H3,(H-,75,77,79,80)/b22-19-,23-20-,30-28-,31-29-,65-62-. The smallest absolute Gasteiger partial charge is 0.306 e. The third kappa shape index (κ3) is 64.2. The Kier molecular flexibility index (Phi) is 62.0. The molecule has 9 nitrogen and oxygen atoms in total. The summed E-state index contributed by atoms with van der Waals surface area (Å²) < 4.78 is 30.5. The van der Waals surface area contributed by atoms with Crippen LogP contribution in [0.5, 0.6) is 0 Å². The molecule has 84 heavy (non-hydrogen) atoms. The Balaban J connectivity index is 5.00. The largest absolute Gasteiger partial charge is 0.756 e. The van der Waals surface area contributed by atoms with Crippen molar-refractivity contribution in [1.29, 1.82) is 0 Å². The van der Waals surface area contributed by atoms with Crippen molar-refractivity contribution in [1.82, 2.24) is 5.32 Å². The number of allylic oxidation sites excluding steroid dienone is 9. The molecule has 0 aliphatic carbocycles. The van der Waals surface area contributed by atoms with Gasteiger partial charge in [0.1, 0.15) is 19.3 Å². The highest BCUT2D eigenvalue weighted by atomic mass is 31.2. The lowest BCUT2D eigenvalue weighted by molar-refractivity contribution is -0.870. The molecule has 0 spiro atoms. The van der Waals surface area contributed by atoms with Crippen molar-refractivity contribution in [3.63, 3.8) is 0 Å². The minimum absolute atomic E-state index is 0.0226. The Hall–Kier alpha value is -2.29. The Morgan fingerprint density at radius 3 is 1.10 bits per heavy atom. The first-order chi connectivity index (χ1) is 40.9. The lowest BCUT2D eigenvalue weighted by atomic mass is 10.0. The molecule has 0 radical (unpaired) electrons. The number of unbranched alkanes of at least 4 members (excludes halogenated alkanes) is 42. The van der Waals surface area contributed by atoms with Crippen LogP contribution in [0.25, 0.3) is 0 Å². The number of hydrogen-bond donors (Lipinski definition) is 1. The number of carbonyl (C=O) groups excluding carboxylic acids is 2. The second-order valence-corrected chi connectivity index (χ2v) is 27.1. The van der Waals surface area contributed by atoms with Crippen molar-refractivity contribution in [3.05, 3.63) is 60.8 Å². The first-order valence-corrected chi connectivity index (χ1v) is 37.6. The maximum Gasteiger partial charge on any atom is 0.306 e. The van der Waals surface area contributed by atoms with Crippen molar-refractivity contribution >= 4 is 19.7 Å². The molecule has 0 aliphatic rings. The third-order valence-corrected chi connectivity index (χ3v) is 17.1. The van der Waals surface area contributed by atoms with E-state index in [1.165, 1.54) is 231 Å². The first-order valence-electron chi connectivity index (χ1n) is 36.1. The van der Waals surface area contributed by atoms with Gasteiger partial charge in [-0.1, -0.05) is 300 Å². The number of phosphoric ester groups is 1. The normalized spacial score (nSPS) is 13.8. The fraction of sp³-hybridized carbons (Fsp3) is 0.838. The molecule has 0 aliphatic heterocycles. The zero-order valence-electron chi connectivity index (χ0n) is 56.4. The van der Waals surface area contributed by atoms with E-state index in [-0.39, 0.29) is 31.5 Å². The molecule has 0 bridgehead atoms. The molecule has 0 aromatic heterocycles. The molecule has 1 amide bonds. The zero-order valence-corrected chi connectivity index (χ0v) is 57.3. The number of rotatable bonds is 66. The summed E-state index contributed by atoms with van der Waals surface area (Å²) in [6, 6.07) is -0.891. The van der Waals surface area contributed by atoms with Crippen LogP contribution in [0.4, 0.5) is 0 Å². The van der Waals surface area contributed by atoms with Gasteiger partial charge in [-0.2, -0.15) is 0 Å². The molecule has 0 aromatic carbocycles. The maximum atomic E-state index is 13.6. The van der Waals surface area contributed by atoms with Crippen LogP contribution in [0, 0.1) is 0 Å². The van der Waals surface area contributed by atoms with E-state index < -0.39 is 20.0 Å². The number of carbonyl (C=O) groups is 2. The van der Waals surface area contributed by atoms with E-state index in [1.807, 2.05) is 33.3 Å². The topological polar surface area (TPSA) is 114 Å². The molecule has 492 valence electrons. The van der Waals surface area contributed by atoms with Gasteiger partial charge in [-0.15, -0.1) is 0 Å². The molecule has 0 aromatic rings. The molecular formula is C74H139N2O7P. The van der Waals surface area contributed by atoms with Gasteiger partial charge in [0.25, 0.3) is 7.82 Å². The number of ether oxygens (including phenoxy) is 1. The summed E-state index contributed by atoms with van der Waals surface area (Å²) >= 11 is 0. The van der Waals surface area contributed by atoms with Crippen LogP contribution in [0.15, 0.2) is 60.8 Å². The predicted octanol–water partition coefficient (Wildman–Crippen LogP) is 22.3. The van der Waals surface area contributed by atoms with Crippen LogP contribution in [-0.2, 0) is 27.9 Å². The summed E-state index contributed by atoms with van der Waals surface area (Å²) in [4.78, 5) is 40.2. The van der Waals surface area contributed by atoms with E-state index in [0.29, 0.717) is 17.4 Å². The van der Waals surface area contributed by atoms with Gasteiger partial charge >= 0.3 is 5.97 Å². The number of amides is 1. The minimum Gasteiger partial charge on any atom is -0.756 e. The molecular weight excluding hydrogens is 1060 g/mol. The van der Waals surface area contributed by atoms with Crippen molar-refractivity contribution in [2.24, 2.45) is 0 Å². The van der Waals surface area contributed by atoms with Crippen molar-refractivity contribution in [3.8, 4) is 0 Å². The van der Waals surface area contributed by atoms with E-state index in [1.54, 1.807) is 0 Å². The van der Waals surface area contributed by atoms with Gasteiger partial charge in [0.05, 0.1) is 33.8 Å². The number of nitrogens with one attached hydrogen (secondary N) is 1. The third-order valence-electron chi connectivity index (χ3n) is 16.2. The summed E-state index contributed by atoms with van der Waals surface area (Å²) in [5.74, 6) is -0.532. The number of phosphoric acid groups is 1. The van der Waals surface area contributed by atoms with Crippen molar-refractivity contribution < 1.29 is 37.3 Å². The van der Waals surface area contributed by atoms with E-state index in [9.17, 15) is 19.0 Å². The fourth-order valence-electron chi connectivity index (χ4n) is 10.6. The van der Waals surface area contributed by atoms with Crippen LogP contribution < -0.4 is 10.2 Å². The first kappa shape index (κ1) is 81.7. The van der Waals surface area contributed by atoms with Crippen molar-refractivity contribution in [2.75, 3.05) is 40.9 Å². The van der Waals surface area contributed by atoms with Crippen LogP contribution in [0.1, 0.15) is 348 Å². The second kappa shape index (κ2) is 63.7. The summed E-state index contributed by atoms with van der Waals surface area (Å²) in [7, 11) is 1.19. The highest BCUT2D eigenvalue weighted by Crippen LogP contribution is 2.38. The average molecular weight is 1200 g/mol. The Labute approximate surface area is 521 Å². The number of nitrogens with zero attached hydrogens (tertiary/aromatic N) is 1. The molecule has 0 rings (SSSR count). The summed E-state index contributed by atoms with van der Waals surface area (Å²) in [6.45, 7) is 6.83. The molecule has 0 saturated heterocycles. The minimum atomic E-state index is -4.70. The highest BCUT2D eigenvalue weighted by molar-refractivity contribution is 7.45. The van der Waals surface area contributed by atoms with Crippen LogP contribution in [0.3, 0.4) is 0 Å². The van der Waals surface area contributed by atoms with Gasteiger partial charge < -0.3 is 28.5 Å². The molecule has 3 atom stereocenters. The van der Waals surface area contributed by atoms with E-state index >= 15 is 0 Å². The fourth-order valence-corrected chi connectivity index (χ4v) is 11.3. The quantitative estimate of drug-likeness (QED) is 0.0212. The molecule has 1 N–H and O–H groups in total. The monoisotopic (exact) mass is 1200 g/mol.